The van der Waals surface area contributed by atoms with Crippen LogP contribution in [0.15, 0.2) is 0 Å². The van der Waals surface area contributed by atoms with Crippen LogP contribution in [0.4, 0.5) is 52.7 Å². The molecule has 0 aromatic carbocycles. The lowest BCUT2D eigenvalue weighted by Crippen LogP contribution is -2.61. The van der Waals surface area contributed by atoms with Crippen LogP contribution in [0.3, 0.4) is 0 Å². The second kappa shape index (κ2) is 11.7. The lowest BCUT2D eigenvalue weighted by molar-refractivity contribution is -0.356. The first-order valence-electron chi connectivity index (χ1n) is 11.2. The van der Waals surface area contributed by atoms with Gasteiger partial charge in [0.05, 0.1) is 18.6 Å². The molecule has 1 spiro atoms. The van der Waals surface area contributed by atoms with Crippen molar-refractivity contribution >= 4 is 28.0 Å². The predicted molar refractivity (Wildman–Crippen MR) is 106 cm³/mol. The van der Waals surface area contributed by atoms with Gasteiger partial charge >= 0.3 is 57.5 Å². The highest BCUT2D eigenvalue weighted by Crippen LogP contribution is 2.44. The largest absolute Gasteiger partial charge is 0.465 e. The standard InChI is InChI=1S/C19H18F12O11S/c20-15(21,18(26,27)28)10(32)38-5-13(6-39-11(33)16(22,23)19(29,30)31)7-40-14(41-8-13)4-2-1-3-9(14)42-12(34)17(24,25)43(35,36)37/h9H,1-8H2,(H,35,36,37). The van der Waals surface area contributed by atoms with Crippen LogP contribution in [-0.4, -0.2) is 98.6 Å². The summed E-state index contributed by atoms with van der Waals surface area (Å²) in [5, 5.41) is -5.51. The zero-order chi connectivity index (χ0) is 33.5. The summed E-state index contributed by atoms with van der Waals surface area (Å²) in [4.78, 5) is 34.6. The molecule has 1 unspecified atom stereocenters. The van der Waals surface area contributed by atoms with Gasteiger partial charge in [-0.3, -0.25) is 4.55 Å². The van der Waals surface area contributed by atoms with E-state index in [1.54, 1.807) is 0 Å². The molecule has 0 aromatic rings. The third-order valence-corrected chi connectivity index (χ3v) is 6.85. The Bertz CT molecular complexity index is 1130. The maximum Gasteiger partial charge on any atom is 0.465 e. The average molecular weight is 682 g/mol. The van der Waals surface area contributed by atoms with Crippen molar-refractivity contribution in [2.75, 3.05) is 26.4 Å². The van der Waals surface area contributed by atoms with Crippen molar-refractivity contribution in [3.05, 3.63) is 0 Å². The first-order valence-corrected chi connectivity index (χ1v) is 12.7. The monoisotopic (exact) mass is 682 g/mol. The van der Waals surface area contributed by atoms with Gasteiger partial charge in [-0.05, 0) is 19.3 Å². The normalized spacial score (nSPS) is 21.7. The highest BCUT2D eigenvalue weighted by Gasteiger charge is 2.67. The van der Waals surface area contributed by atoms with Gasteiger partial charge < -0.3 is 23.7 Å². The smallest absolute Gasteiger partial charge is 0.460 e. The van der Waals surface area contributed by atoms with Gasteiger partial charge in [-0.2, -0.15) is 61.1 Å². The summed E-state index contributed by atoms with van der Waals surface area (Å²) in [5.41, 5.74) is -2.61. The molecular formula is C19H18F12O11S. The molecule has 2 rings (SSSR count). The van der Waals surface area contributed by atoms with Crippen LogP contribution in [0.2, 0.25) is 0 Å². The molecule has 24 heteroatoms. The summed E-state index contributed by atoms with van der Waals surface area (Å²) in [5.74, 6) is -24.1. The molecule has 250 valence electrons. The van der Waals surface area contributed by atoms with Crippen LogP contribution in [0, 0.1) is 5.41 Å². The molecule has 2 fully saturated rings. The number of rotatable bonds is 9. The lowest BCUT2D eigenvalue weighted by atomic mass is 9.86. The van der Waals surface area contributed by atoms with Crippen molar-refractivity contribution in [2.24, 2.45) is 5.41 Å². The minimum atomic E-state index is -6.51. The Morgan fingerprint density at radius 1 is 0.744 bits per heavy atom. The maximum absolute atomic E-state index is 13.7. The van der Waals surface area contributed by atoms with Crippen molar-refractivity contribution in [3.8, 4) is 0 Å². The zero-order valence-electron chi connectivity index (χ0n) is 20.7. The molecule has 1 aliphatic heterocycles. The Morgan fingerprint density at radius 2 is 1.16 bits per heavy atom. The number of carbonyl (C=O) groups excluding carboxylic acids is 3. The van der Waals surface area contributed by atoms with Gasteiger partial charge in [0.25, 0.3) is 0 Å². The first kappa shape index (κ1) is 36.6. The van der Waals surface area contributed by atoms with Crippen molar-refractivity contribution in [1.29, 1.82) is 0 Å². The molecule has 43 heavy (non-hydrogen) atoms. The summed E-state index contributed by atoms with van der Waals surface area (Å²) < 4.78 is 208. The van der Waals surface area contributed by atoms with Crippen LogP contribution in [0.25, 0.3) is 0 Å². The fourth-order valence-electron chi connectivity index (χ4n) is 3.56. The number of ether oxygens (including phenoxy) is 5. The van der Waals surface area contributed by atoms with Crippen LogP contribution in [0.5, 0.6) is 0 Å². The molecule has 1 atom stereocenters. The van der Waals surface area contributed by atoms with E-state index in [1.807, 2.05) is 0 Å². The quantitative estimate of drug-likeness (QED) is 0.165. The molecular weight excluding hydrogens is 664 g/mol. The lowest BCUT2D eigenvalue weighted by Gasteiger charge is -2.49. The minimum absolute atomic E-state index is 0.0588. The van der Waals surface area contributed by atoms with Gasteiger partial charge in [-0.1, -0.05) is 0 Å². The summed E-state index contributed by atoms with van der Waals surface area (Å²) in [6.07, 6.45) is -15.7. The molecule has 11 nitrogen and oxygen atoms in total. The molecule has 1 aliphatic carbocycles. The van der Waals surface area contributed by atoms with E-state index >= 15 is 0 Å². The molecule has 1 saturated carbocycles. The molecule has 1 saturated heterocycles. The average Bonchev–Trinajstić information content (AvgIpc) is 2.86. The Kier molecular flexibility index (Phi) is 9.98. The molecule has 0 radical (unpaired) electrons. The molecule has 0 bridgehead atoms. The summed E-state index contributed by atoms with van der Waals surface area (Å²) >= 11 is 0. The Hall–Kier alpha value is -2.60. The van der Waals surface area contributed by atoms with E-state index < -0.39 is 114 Å². The second-order valence-electron chi connectivity index (χ2n) is 9.32. The molecule has 1 heterocycles. The first-order chi connectivity index (χ1) is 19.2. The maximum atomic E-state index is 13.7. The van der Waals surface area contributed by atoms with E-state index in [0.717, 1.165) is 0 Å². The van der Waals surface area contributed by atoms with Gasteiger partial charge in [0.2, 0.25) is 5.79 Å². The van der Waals surface area contributed by atoms with E-state index in [-0.39, 0.29) is 12.8 Å². The van der Waals surface area contributed by atoms with Gasteiger partial charge in [0, 0.05) is 6.42 Å². The van der Waals surface area contributed by atoms with Crippen LogP contribution < -0.4 is 0 Å². The highest BCUT2D eigenvalue weighted by atomic mass is 32.2. The number of hydrogen-bond donors (Lipinski definition) is 1. The van der Waals surface area contributed by atoms with Crippen LogP contribution in [0.1, 0.15) is 25.7 Å². The molecule has 2 aliphatic rings. The molecule has 1 N–H and O–H groups in total. The Labute approximate surface area is 231 Å². The van der Waals surface area contributed by atoms with E-state index in [0.29, 0.717) is 0 Å². The third kappa shape index (κ3) is 7.38. The van der Waals surface area contributed by atoms with Crippen molar-refractivity contribution < 1.29 is 104 Å². The highest BCUT2D eigenvalue weighted by molar-refractivity contribution is 7.87. The number of esters is 3. The minimum Gasteiger partial charge on any atom is -0.460 e. The topological polar surface area (TPSA) is 152 Å². The fourth-order valence-corrected chi connectivity index (χ4v) is 3.82. The number of hydrogen-bond acceptors (Lipinski definition) is 10. The predicted octanol–water partition coefficient (Wildman–Crippen LogP) is 3.16. The van der Waals surface area contributed by atoms with Gasteiger partial charge in [-0.25, -0.2) is 14.4 Å². The van der Waals surface area contributed by atoms with Crippen molar-refractivity contribution in [2.45, 2.75) is 67.0 Å². The van der Waals surface area contributed by atoms with Gasteiger partial charge in [0.15, 0.2) is 6.10 Å². The molecule has 0 aromatic heterocycles. The van der Waals surface area contributed by atoms with E-state index in [2.05, 4.69) is 14.2 Å². The van der Waals surface area contributed by atoms with Gasteiger partial charge in [-0.15, -0.1) is 0 Å². The van der Waals surface area contributed by atoms with E-state index in [1.165, 1.54) is 0 Å². The third-order valence-electron chi connectivity index (χ3n) is 6.03. The van der Waals surface area contributed by atoms with Crippen molar-refractivity contribution in [1.82, 2.24) is 0 Å². The summed E-state index contributed by atoms with van der Waals surface area (Å²) in [7, 11) is -6.36. The fraction of sp³-hybridized carbons (Fsp3) is 0.842. The van der Waals surface area contributed by atoms with Crippen LogP contribution >= 0.6 is 0 Å². The number of halogens is 12. The SMILES string of the molecule is O=C(OCC1(COC(=O)C(F)(F)C(F)(F)F)COC2(CCCCC2OC(=O)C(F)(F)S(=O)(=O)O)OC1)C(F)(F)C(F)(F)F. The summed E-state index contributed by atoms with van der Waals surface area (Å²) in [6.45, 7) is -6.12. The van der Waals surface area contributed by atoms with E-state index in [9.17, 15) is 75.5 Å². The number of carbonyl (C=O) groups is 3. The number of alkyl halides is 12. The Balaban J connectivity index is 2.33. The second-order valence-corrected chi connectivity index (χ2v) is 10.8. The van der Waals surface area contributed by atoms with E-state index in [4.69, 9.17) is 14.0 Å². The van der Waals surface area contributed by atoms with Crippen LogP contribution in [-0.2, 0) is 48.2 Å². The van der Waals surface area contributed by atoms with Crippen molar-refractivity contribution in [3.63, 3.8) is 0 Å². The van der Waals surface area contributed by atoms with Gasteiger partial charge in [0.1, 0.15) is 13.2 Å². The summed E-state index contributed by atoms with van der Waals surface area (Å²) in [6, 6.07) is 0. The zero-order valence-corrected chi connectivity index (χ0v) is 21.5. The molecule has 0 amide bonds. The Morgan fingerprint density at radius 3 is 1.53 bits per heavy atom.